The first kappa shape index (κ1) is 17.0. The topological polar surface area (TPSA) is 66.8 Å². The van der Waals surface area contributed by atoms with Gasteiger partial charge in [-0.1, -0.05) is 26.0 Å². The fourth-order valence-corrected chi connectivity index (χ4v) is 5.07. The molecule has 8 atom stereocenters. The Bertz CT molecular complexity index is 460. The molecule has 3 rings (SSSR count). The van der Waals surface area contributed by atoms with E-state index < -0.39 is 6.10 Å². The lowest BCUT2D eigenvalue weighted by molar-refractivity contribution is -0.160. The van der Waals surface area contributed by atoms with E-state index in [0.717, 1.165) is 19.3 Å². The third-order valence-electron chi connectivity index (χ3n) is 6.15. The van der Waals surface area contributed by atoms with Gasteiger partial charge in [0.25, 0.3) is 0 Å². The highest BCUT2D eigenvalue weighted by Crippen LogP contribution is 2.46. The summed E-state index contributed by atoms with van der Waals surface area (Å²) in [5.41, 5.74) is 0. The summed E-state index contributed by atoms with van der Waals surface area (Å²) in [6, 6.07) is 0. The molecule has 3 aliphatic rings. The van der Waals surface area contributed by atoms with Crippen molar-refractivity contribution in [3.8, 4) is 0 Å². The second kappa shape index (κ2) is 6.94. The first-order valence-corrected chi connectivity index (χ1v) is 9.18. The molecule has 23 heavy (non-hydrogen) atoms. The average molecular weight is 322 g/mol. The van der Waals surface area contributed by atoms with Crippen LogP contribution in [0.3, 0.4) is 0 Å². The normalized spacial score (nSPS) is 47.0. The fourth-order valence-electron chi connectivity index (χ4n) is 5.07. The van der Waals surface area contributed by atoms with E-state index in [1.54, 1.807) is 0 Å². The molecule has 1 heterocycles. The number of aliphatic hydroxyl groups is 2. The zero-order valence-corrected chi connectivity index (χ0v) is 14.2. The van der Waals surface area contributed by atoms with Crippen LogP contribution >= 0.6 is 0 Å². The number of carbonyl (C=O) groups is 1. The number of hydrogen-bond acceptors (Lipinski definition) is 4. The largest absolute Gasteiger partial charge is 0.462 e. The molecular formula is C19H30O4. The Morgan fingerprint density at radius 1 is 1.13 bits per heavy atom. The Morgan fingerprint density at radius 3 is 2.65 bits per heavy atom. The molecule has 1 saturated heterocycles. The molecule has 2 N–H and O–H groups in total. The van der Waals surface area contributed by atoms with Crippen molar-refractivity contribution in [1.29, 1.82) is 0 Å². The van der Waals surface area contributed by atoms with Crippen LogP contribution in [0, 0.1) is 29.6 Å². The van der Waals surface area contributed by atoms with Crippen LogP contribution in [0.25, 0.3) is 0 Å². The highest BCUT2D eigenvalue weighted by atomic mass is 16.5. The summed E-state index contributed by atoms with van der Waals surface area (Å²) in [6.07, 6.45) is 8.15. The van der Waals surface area contributed by atoms with E-state index in [4.69, 9.17) is 4.74 Å². The van der Waals surface area contributed by atoms with Crippen LogP contribution in [0.2, 0.25) is 0 Å². The number of ether oxygens (including phenoxy) is 1. The monoisotopic (exact) mass is 322 g/mol. The molecular weight excluding hydrogens is 292 g/mol. The van der Waals surface area contributed by atoms with E-state index >= 15 is 0 Å². The predicted octanol–water partition coefficient (Wildman–Crippen LogP) is 2.68. The van der Waals surface area contributed by atoms with Gasteiger partial charge in [0.2, 0.25) is 0 Å². The highest BCUT2D eigenvalue weighted by Gasteiger charge is 2.42. The van der Waals surface area contributed by atoms with Crippen molar-refractivity contribution in [2.75, 3.05) is 0 Å². The Hall–Kier alpha value is -0.870. The molecule has 0 unspecified atom stereocenters. The van der Waals surface area contributed by atoms with Gasteiger partial charge in [0.05, 0.1) is 18.6 Å². The minimum atomic E-state index is -0.557. The highest BCUT2D eigenvalue weighted by molar-refractivity contribution is 5.70. The number of carbonyl (C=O) groups excluding carboxylic acids is 1. The first-order chi connectivity index (χ1) is 10.9. The second-order valence-corrected chi connectivity index (χ2v) is 8.08. The average Bonchev–Trinajstić information content (AvgIpc) is 2.45. The van der Waals surface area contributed by atoms with Gasteiger partial charge in [0, 0.05) is 6.42 Å². The lowest BCUT2D eigenvalue weighted by Crippen LogP contribution is -2.44. The lowest BCUT2D eigenvalue weighted by atomic mass is 9.61. The fraction of sp³-hybridized carbons (Fsp3) is 0.842. The van der Waals surface area contributed by atoms with Crippen molar-refractivity contribution in [1.82, 2.24) is 0 Å². The van der Waals surface area contributed by atoms with Gasteiger partial charge in [0.15, 0.2) is 0 Å². The number of cyclic esters (lactones) is 1. The van der Waals surface area contributed by atoms with Crippen molar-refractivity contribution in [2.45, 2.75) is 70.7 Å². The smallest absolute Gasteiger partial charge is 0.308 e. The van der Waals surface area contributed by atoms with Gasteiger partial charge in [0.1, 0.15) is 6.10 Å². The third kappa shape index (κ3) is 3.80. The van der Waals surface area contributed by atoms with E-state index in [1.165, 1.54) is 6.42 Å². The van der Waals surface area contributed by atoms with Gasteiger partial charge < -0.3 is 14.9 Å². The quantitative estimate of drug-likeness (QED) is 0.619. The van der Waals surface area contributed by atoms with Crippen molar-refractivity contribution in [2.24, 2.45) is 29.6 Å². The van der Waals surface area contributed by atoms with E-state index in [-0.39, 0.29) is 24.6 Å². The maximum Gasteiger partial charge on any atom is 0.308 e. The number of allylic oxidation sites excluding steroid dienone is 2. The van der Waals surface area contributed by atoms with Crippen molar-refractivity contribution < 1.29 is 19.7 Å². The number of aliphatic hydroxyl groups excluding tert-OH is 2. The van der Waals surface area contributed by atoms with Crippen molar-refractivity contribution in [3.63, 3.8) is 0 Å². The summed E-state index contributed by atoms with van der Waals surface area (Å²) in [5, 5.41) is 20.4. The van der Waals surface area contributed by atoms with Crippen molar-refractivity contribution in [3.05, 3.63) is 12.2 Å². The van der Waals surface area contributed by atoms with E-state index in [9.17, 15) is 15.0 Å². The molecule has 0 amide bonds. The molecule has 4 nitrogen and oxygen atoms in total. The van der Waals surface area contributed by atoms with Gasteiger partial charge in [-0.2, -0.15) is 0 Å². The number of esters is 1. The molecule has 0 spiro atoms. The van der Waals surface area contributed by atoms with E-state index in [0.29, 0.717) is 36.0 Å². The van der Waals surface area contributed by atoms with Crippen LogP contribution in [-0.4, -0.2) is 34.5 Å². The Balaban J connectivity index is 1.64. The first-order valence-electron chi connectivity index (χ1n) is 9.18. The molecule has 2 aliphatic carbocycles. The number of hydrogen-bond donors (Lipinski definition) is 2. The molecule has 2 fully saturated rings. The van der Waals surface area contributed by atoms with Gasteiger partial charge in [-0.15, -0.1) is 0 Å². The summed E-state index contributed by atoms with van der Waals surface area (Å²) >= 11 is 0. The Morgan fingerprint density at radius 2 is 1.91 bits per heavy atom. The van der Waals surface area contributed by atoms with Crippen LogP contribution < -0.4 is 0 Å². The maximum atomic E-state index is 11.5. The molecule has 0 bridgehead atoms. The maximum absolute atomic E-state index is 11.5. The van der Waals surface area contributed by atoms with E-state index in [1.807, 2.05) is 0 Å². The second-order valence-electron chi connectivity index (χ2n) is 8.08. The van der Waals surface area contributed by atoms with Crippen LogP contribution in [0.1, 0.15) is 52.4 Å². The minimum absolute atomic E-state index is 0.125. The standard InChI is InChI=1S/C19H30O4/c1-11-7-13-4-3-12(2)16(19(13)17(21)8-11)6-5-15-9-14(20)10-18(22)23-15/h3-4,11-17,19-21H,5-10H2,1-2H3/t11-,12-,13-,14+,15+,16-,17-,19-/m0/s1. The molecule has 0 aromatic rings. The molecule has 1 aliphatic heterocycles. The summed E-state index contributed by atoms with van der Waals surface area (Å²) in [6.45, 7) is 4.45. The molecule has 1 saturated carbocycles. The minimum Gasteiger partial charge on any atom is -0.462 e. The van der Waals surface area contributed by atoms with Gasteiger partial charge in [-0.05, 0) is 55.3 Å². The third-order valence-corrected chi connectivity index (χ3v) is 6.15. The molecule has 130 valence electrons. The summed E-state index contributed by atoms with van der Waals surface area (Å²) in [7, 11) is 0. The number of rotatable bonds is 3. The predicted molar refractivity (Wildman–Crippen MR) is 87.5 cm³/mol. The van der Waals surface area contributed by atoms with E-state index in [2.05, 4.69) is 26.0 Å². The lowest BCUT2D eigenvalue weighted by Gasteiger charge is -2.46. The number of fused-ring (bicyclic) bond motifs is 1. The summed E-state index contributed by atoms with van der Waals surface area (Å²) in [4.78, 5) is 11.5. The van der Waals surface area contributed by atoms with Crippen LogP contribution in [0.4, 0.5) is 0 Å². The van der Waals surface area contributed by atoms with Crippen molar-refractivity contribution >= 4 is 5.97 Å². The van der Waals surface area contributed by atoms with Crippen LogP contribution in [0.15, 0.2) is 12.2 Å². The molecule has 0 radical (unpaired) electrons. The zero-order chi connectivity index (χ0) is 16.6. The van der Waals surface area contributed by atoms with Crippen LogP contribution in [0.5, 0.6) is 0 Å². The van der Waals surface area contributed by atoms with Gasteiger partial charge >= 0.3 is 5.97 Å². The zero-order valence-electron chi connectivity index (χ0n) is 14.2. The van der Waals surface area contributed by atoms with Gasteiger partial charge in [-0.25, -0.2) is 0 Å². The summed E-state index contributed by atoms with van der Waals surface area (Å²) < 4.78 is 5.38. The molecule has 0 aromatic carbocycles. The Labute approximate surface area is 138 Å². The summed E-state index contributed by atoms with van der Waals surface area (Å²) in [5.74, 6) is 1.99. The molecule has 0 aromatic heterocycles. The van der Waals surface area contributed by atoms with Crippen LogP contribution in [-0.2, 0) is 9.53 Å². The Kier molecular flexibility index (Phi) is 5.12. The molecule has 4 heteroatoms. The SMILES string of the molecule is C[C@@H]1C[C@H](O)[C@@H]2[C@@H](CC[C@@H]3C[C@@H](O)CC(=O)O3)[C@@H](C)C=C[C@H]2C1. The van der Waals surface area contributed by atoms with Gasteiger partial charge in [-0.3, -0.25) is 4.79 Å².